The fourth-order valence-corrected chi connectivity index (χ4v) is 3.97. The third-order valence-corrected chi connectivity index (χ3v) is 5.66. The number of nitrogens with one attached hydrogen (secondary N) is 2. The van der Waals surface area contributed by atoms with Gasteiger partial charge in [0.1, 0.15) is 0 Å². The molecule has 0 saturated carbocycles. The number of furan rings is 1. The minimum absolute atomic E-state index is 0.0302. The zero-order valence-corrected chi connectivity index (χ0v) is 18.2. The second-order valence-corrected chi connectivity index (χ2v) is 10.5. The highest BCUT2D eigenvalue weighted by molar-refractivity contribution is 7.89. The molecule has 2 aromatic rings. The summed E-state index contributed by atoms with van der Waals surface area (Å²) in [5, 5.41) is 2.48. The van der Waals surface area contributed by atoms with Crippen LogP contribution in [0.3, 0.4) is 0 Å². The Bertz CT molecular complexity index is 915. The molecule has 0 aliphatic carbocycles. The molecule has 0 saturated heterocycles. The second-order valence-electron chi connectivity index (χ2n) is 8.93. The standard InChI is InChI=1S/C21H30N2O4S/c1-20(2,3)16-9-7-15(8-10-16)13-14-22-19(24)17-11-12-18(27-17)28(25,26)23-21(4,5)6/h7-12,23H,13-14H2,1-6H3,(H,22,24). The highest BCUT2D eigenvalue weighted by Crippen LogP contribution is 2.22. The van der Waals surface area contributed by atoms with Gasteiger partial charge in [-0.2, -0.15) is 0 Å². The first-order valence-corrected chi connectivity index (χ1v) is 10.8. The number of hydrogen-bond acceptors (Lipinski definition) is 4. The fourth-order valence-electron chi connectivity index (χ4n) is 2.62. The van der Waals surface area contributed by atoms with Gasteiger partial charge in [-0.15, -0.1) is 0 Å². The van der Waals surface area contributed by atoms with Crippen LogP contribution < -0.4 is 10.0 Å². The molecule has 2 N–H and O–H groups in total. The van der Waals surface area contributed by atoms with Crippen molar-refractivity contribution in [2.45, 2.75) is 64.0 Å². The average molecular weight is 407 g/mol. The molecule has 1 heterocycles. The fraction of sp³-hybridized carbons (Fsp3) is 0.476. The molecule has 6 nitrogen and oxygen atoms in total. The number of amides is 1. The van der Waals surface area contributed by atoms with Gasteiger partial charge in [0.15, 0.2) is 5.76 Å². The molecule has 1 aromatic heterocycles. The molecule has 0 fully saturated rings. The smallest absolute Gasteiger partial charge is 0.287 e. The zero-order chi connectivity index (χ0) is 21.2. The third-order valence-electron chi connectivity index (χ3n) is 4.03. The second kappa shape index (κ2) is 8.09. The Kier molecular flexibility index (Phi) is 6.41. The Morgan fingerprint density at radius 1 is 0.964 bits per heavy atom. The van der Waals surface area contributed by atoms with Crippen LogP contribution in [0.1, 0.15) is 63.2 Å². The Morgan fingerprint density at radius 3 is 2.11 bits per heavy atom. The van der Waals surface area contributed by atoms with Gasteiger partial charge in [0.25, 0.3) is 15.9 Å². The van der Waals surface area contributed by atoms with Gasteiger partial charge in [-0.25, -0.2) is 13.1 Å². The van der Waals surface area contributed by atoms with E-state index in [2.05, 4.69) is 55.1 Å². The topological polar surface area (TPSA) is 88.4 Å². The van der Waals surface area contributed by atoms with E-state index in [1.165, 1.54) is 17.7 Å². The quantitative estimate of drug-likeness (QED) is 0.767. The van der Waals surface area contributed by atoms with E-state index in [1.54, 1.807) is 20.8 Å². The van der Waals surface area contributed by atoms with Gasteiger partial charge < -0.3 is 9.73 Å². The van der Waals surface area contributed by atoms with Crippen molar-refractivity contribution in [2.24, 2.45) is 0 Å². The predicted octanol–water partition coefficient (Wildman–Crippen LogP) is 3.63. The Balaban J connectivity index is 1.93. The van der Waals surface area contributed by atoms with Crippen LogP contribution in [0, 0.1) is 0 Å². The van der Waals surface area contributed by atoms with Gasteiger partial charge >= 0.3 is 0 Å². The summed E-state index contributed by atoms with van der Waals surface area (Å²) in [7, 11) is -3.81. The van der Waals surface area contributed by atoms with E-state index in [1.807, 2.05) is 0 Å². The molecular formula is C21H30N2O4S. The van der Waals surface area contributed by atoms with E-state index >= 15 is 0 Å². The van der Waals surface area contributed by atoms with Crippen molar-refractivity contribution in [1.82, 2.24) is 10.0 Å². The van der Waals surface area contributed by atoms with Gasteiger partial charge in [-0.05, 0) is 55.9 Å². The minimum Gasteiger partial charge on any atom is -0.438 e. The number of carbonyl (C=O) groups excluding carboxylic acids is 1. The molecule has 1 amide bonds. The summed E-state index contributed by atoms with van der Waals surface area (Å²) in [5.41, 5.74) is 1.83. The van der Waals surface area contributed by atoms with Crippen molar-refractivity contribution >= 4 is 15.9 Å². The van der Waals surface area contributed by atoms with E-state index < -0.39 is 21.5 Å². The first kappa shape index (κ1) is 22.2. The summed E-state index contributed by atoms with van der Waals surface area (Å²) in [6.45, 7) is 12.1. The summed E-state index contributed by atoms with van der Waals surface area (Å²) in [5.74, 6) is -0.471. The lowest BCUT2D eigenvalue weighted by atomic mass is 9.86. The van der Waals surface area contributed by atoms with E-state index in [4.69, 9.17) is 4.42 Å². The maximum atomic E-state index is 12.2. The molecule has 0 aliphatic heterocycles. The molecule has 0 unspecified atom stereocenters. The number of hydrogen-bond donors (Lipinski definition) is 2. The average Bonchev–Trinajstić information content (AvgIpc) is 3.03. The molecule has 0 bridgehead atoms. The SMILES string of the molecule is CC(C)(C)NS(=O)(=O)c1ccc(C(=O)NCCc2ccc(C(C)(C)C)cc2)o1. The molecule has 7 heteroatoms. The van der Waals surface area contributed by atoms with E-state index in [0.717, 1.165) is 5.56 Å². The van der Waals surface area contributed by atoms with Gasteiger partial charge in [0.2, 0.25) is 5.09 Å². The Morgan fingerprint density at radius 2 is 1.57 bits per heavy atom. The molecular weight excluding hydrogens is 376 g/mol. The summed E-state index contributed by atoms with van der Waals surface area (Å²) < 4.78 is 32.2. The first-order valence-electron chi connectivity index (χ1n) is 9.29. The van der Waals surface area contributed by atoms with Crippen LogP contribution in [0.5, 0.6) is 0 Å². The van der Waals surface area contributed by atoms with Crippen LogP contribution in [0.2, 0.25) is 0 Å². The number of rotatable bonds is 6. The van der Waals surface area contributed by atoms with Gasteiger partial charge in [-0.3, -0.25) is 4.79 Å². The van der Waals surface area contributed by atoms with Crippen LogP contribution >= 0.6 is 0 Å². The highest BCUT2D eigenvalue weighted by atomic mass is 32.2. The van der Waals surface area contributed by atoms with Crippen molar-refractivity contribution in [3.8, 4) is 0 Å². The molecule has 2 rings (SSSR count). The maximum Gasteiger partial charge on any atom is 0.287 e. The maximum absolute atomic E-state index is 12.2. The lowest BCUT2D eigenvalue weighted by Gasteiger charge is -2.19. The molecule has 0 atom stereocenters. The van der Waals surface area contributed by atoms with E-state index in [-0.39, 0.29) is 16.3 Å². The molecule has 28 heavy (non-hydrogen) atoms. The molecule has 0 aliphatic rings. The van der Waals surface area contributed by atoms with Gasteiger partial charge in [0.05, 0.1) is 0 Å². The van der Waals surface area contributed by atoms with Crippen molar-refractivity contribution < 1.29 is 17.6 Å². The largest absolute Gasteiger partial charge is 0.438 e. The summed E-state index contributed by atoms with van der Waals surface area (Å²) in [6.07, 6.45) is 0.674. The zero-order valence-electron chi connectivity index (χ0n) is 17.4. The molecule has 154 valence electrons. The lowest BCUT2D eigenvalue weighted by molar-refractivity contribution is 0.0921. The molecule has 0 spiro atoms. The van der Waals surface area contributed by atoms with Crippen molar-refractivity contribution in [1.29, 1.82) is 0 Å². The van der Waals surface area contributed by atoms with E-state index in [0.29, 0.717) is 13.0 Å². The minimum atomic E-state index is -3.81. The monoisotopic (exact) mass is 406 g/mol. The number of carbonyl (C=O) groups is 1. The van der Waals surface area contributed by atoms with E-state index in [9.17, 15) is 13.2 Å². The Hall–Kier alpha value is -2.12. The number of sulfonamides is 1. The lowest BCUT2D eigenvalue weighted by Crippen LogP contribution is -2.40. The van der Waals surface area contributed by atoms with Crippen LogP contribution in [-0.2, 0) is 21.9 Å². The molecule has 0 radical (unpaired) electrons. The third kappa shape index (κ3) is 6.21. The van der Waals surface area contributed by atoms with Crippen molar-refractivity contribution in [3.63, 3.8) is 0 Å². The normalized spacial score (nSPS) is 12.8. The first-order chi connectivity index (χ1) is 12.8. The van der Waals surface area contributed by atoms with Gasteiger partial charge in [-0.1, -0.05) is 45.0 Å². The summed E-state index contributed by atoms with van der Waals surface area (Å²) in [6, 6.07) is 11.0. The van der Waals surface area contributed by atoms with Crippen molar-refractivity contribution in [2.75, 3.05) is 6.54 Å². The van der Waals surface area contributed by atoms with Crippen LogP contribution in [0.25, 0.3) is 0 Å². The highest BCUT2D eigenvalue weighted by Gasteiger charge is 2.26. The van der Waals surface area contributed by atoms with Crippen LogP contribution in [-0.4, -0.2) is 26.4 Å². The Labute approximate surface area is 167 Å². The predicted molar refractivity (Wildman–Crippen MR) is 110 cm³/mol. The summed E-state index contributed by atoms with van der Waals surface area (Å²) in [4.78, 5) is 12.2. The van der Waals surface area contributed by atoms with Crippen LogP contribution in [0.15, 0.2) is 45.9 Å². The number of benzene rings is 1. The van der Waals surface area contributed by atoms with Crippen LogP contribution in [0.4, 0.5) is 0 Å². The van der Waals surface area contributed by atoms with Crippen molar-refractivity contribution in [3.05, 3.63) is 53.3 Å². The van der Waals surface area contributed by atoms with Gasteiger partial charge in [0, 0.05) is 12.1 Å². The molecule has 1 aromatic carbocycles. The summed E-state index contributed by atoms with van der Waals surface area (Å²) >= 11 is 0.